The summed E-state index contributed by atoms with van der Waals surface area (Å²) in [6.07, 6.45) is 0. The Kier molecular flexibility index (Phi) is 6.06. The lowest BCUT2D eigenvalue weighted by Crippen LogP contribution is -2.44. The van der Waals surface area contributed by atoms with Crippen LogP contribution in [0.3, 0.4) is 0 Å². The second-order valence-corrected chi connectivity index (χ2v) is 4.99. The first kappa shape index (κ1) is 17.2. The lowest BCUT2D eigenvalue weighted by atomic mass is 10.1. The standard InChI is InChI=1S/C18H16N2O4/c19-10-14-7-4-8-15(9-14)17(22)20-16(11-21)18(23)24-12-13-5-2-1-3-6-13/h1-9,16,21H,11-12H2,(H,20,22)/t16-/m0/s1. The van der Waals surface area contributed by atoms with Crippen molar-refractivity contribution in [1.82, 2.24) is 5.32 Å². The molecule has 0 aliphatic rings. The van der Waals surface area contributed by atoms with Crippen LogP contribution in [0.2, 0.25) is 0 Å². The quantitative estimate of drug-likeness (QED) is 0.782. The van der Waals surface area contributed by atoms with Gasteiger partial charge in [-0.15, -0.1) is 0 Å². The molecule has 2 aromatic carbocycles. The van der Waals surface area contributed by atoms with E-state index in [9.17, 15) is 14.7 Å². The van der Waals surface area contributed by atoms with Crippen molar-refractivity contribution in [2.45, 2.75) is 12.6 Å². The smallest absolute Gasteiger partial charge is 0.331 e. The van der Waals surface area contributed by atoms with Crippen LogP contribution in [0, 0.1) is 11.3 Å². The number of aliphatic hydroxyl groups is 1. The molecule has 2 aromatic rings. The topological polar surface area (TPSA) is 99.4 Å². The summed E-state index contributed by atoms with van der Waals surface area (Å²) in [7, 11) is 0. The summed E-state index contributed by atoms with van der Waals surface area (Å²) in [6, 6.07) is 15.9. The van der Waals surface area contributed by atoms with E-state index in [-0.39, 0.29) is 12.2 Å². The van der Waals surface area contributed by atoms with Crippen LogP contribution < -0.4 is 5.32 Å². The van der Waals surface area contributed by atoms with E-state index < -0.39 is 24.5 Å². The number of esters is 1. The Labute approximate surface area is 139 Å². The van der Waals surface area contributed by atoms with Crippen molar-refractivity contribution in [2.24, 2.45) is 0 Å². The Morgan fingerprint density at radius 2 is 1.92 bits per heavy atom. The zero-order valence-electron chi connectivity index (χ0n) is 12.8. The summed E-state index contributed by atoms with van der Waals surface area (Å²) < 4.78 is 5.10. The number of hydrogen-bond acceptors (Lipinski definition) is 5. The van der Waals surface area contributed by atoms with Crippen molar-refractivity contribution in [3.63, 3.8) is 0 Å². The normalized spacial score (nSPS) is 11.2. The van der Waals surface area contributed by atoms with Gasteiger partial charge in [-0.1, -0.05) is 36.4 Å². The maximum atomic E-state index is 12.1. The van der Waals surface area contributed by atoms with Crippen LogP contribution in [-0.2, 0) is 16.1 Å². The predicted octanol–water partition coefficient (Wildman–Crippen LogP) is 1.39. The van der Waals surface area contributed by atoms with Gasteiger partial charge in [0.25, 0.3) is 5.91 Å². The molecule has 0 spiro atoms. The molecule has 1 atom stereocenters. The number of ether oxygens (including phenoxy) is 1. The monoisotopic (exact) mass is 324 g/mol. The number of nitrogens with zero attached hydrogens (tertiary/aromatic N) is 1. The molecular formula is C18H16N2O4. The maximum absolute atomic E-state index is 12.1. The zero-order chi connectivity index (χ0) is 17.4. The summed E-state index contributed by atoms with van der Waals surface area (Å²) in [4.78, 5) is 24.1. The van der Waals surface area contributed by atoms with E-state index >= 15 is 0 Å². The molecule has 0 radical (unpaired) electrons. The van der Waals surface area contributed by atoms with Crippen molar-refractivity contribution < 1.29 is 19.4 Å². The fourth-order valence-electron chi connectivity index (χ4n) is 1.98. The van der Waals surface area contributed by atoms with Crippen LogP contribution in [0.4, 0.5) is 0 Å². The molecule has 122 valence electrons. The van der Waals surface area contributed by atoms with E-state index in [1.54, 1.807) is 24.3 Å². The van der Waals surface area contributed by atoms with Gasteiger partial charge in [0.15, 0.2) is 6.04 Å². The molecule has 2 N–H and O–H groups in total. The highest BCUT2D eigenvalue weighted by molar-refractivity contribution is 5.97. The number of benzene rings is 2. The second-order valence-electron chi connectivity index (χ2n) is 4.99. The van der Waals surface area contributed by atoms with E-state index in [0.717, 1.165) is 5.56 Å². The number of nitriles is 1. The average molecular weight is 324 g/mol. The summed E-state index contributed by atoms with van der Waals surface area (Å²) in [5, 5.41) is 20.6. The van der Waals surface area contributed by atoms with Gasteiger partial charge in [0.1, 0.15) is 6.61 Å². The molecule has 24 heavy (non-hydrogen) atoms. The largest absolute Gasteiger partial charge is 0.459 e. The predicted molar refractivity (Wildman–Crippen MR) is 85.7 cm³/mol. The molecule has 0 aliphatic carbocycles. The van der Waals surface area contributed by atoms with Crippen LogP contribution in [0.25, 0.3) is 0 Å². The Morgan fingerprint density at radius 3 is 2.58 bits per heavy atom. The molecule has 0 heterocycles. The summed E-state index contributed by atoms with van der Waals surface area (Å²) >= 11 is 0. The molecule has 6 heteroatoms. The SMILES string of the molecule is N#Cc1cccc(C(=O)N[C@@H](CO)C(=O)OCc2ccccc2)c1. The van der Waals surface area contributed by atoms with Crippen LogP contribution in [0.1, 0.15) is 21.5 Å². The number of rotatable bonds is 6. The molecule has 6 nitrogen and oxygen atoms in total. The molecule has 0 fully saturated rings. The molecule has 0 saturated heterocycles. The van der Waals surface area contributed by atoms with Crippen LogP contribution in [0.15, 0.2) is 54.6 Å². The molecule has 2 rings (SSSR count). The summed E-state index contributed by atoms with van der Waals surface area (Å²) in [5.74, 6) is -1.30. The Balaban J connectivity index is 1.96. The molecule has 1 amide bonds. The van der Waals surface area contributed by atoms with Crippen LogP contribution in [0.5, 0.6) is 0 Å². The third-order valence-corrected chi connectivity index (χ3v) is 3.25. The van der Waals surface area contributed by atoms with Gasteiger partial charge in [0, 0.05) is 5.56 Å². The third-order valence-electron chi connectivity index (χ3n) is 3.25. The molecule has 0 unspecified atom stereocenters. The zero-order valence-corrected chi connectivity index (χ0v) is 12.8. The number of hydrogen-bond donors (Lipinski definition) is 2. The summed E-state index contributed by atoms with van der Waals surface area (Å²) in [5.41, 5.74) is 1.36. The second kappa shape index (κ2) is 8.46. The Hall–Kier alpha value is -3.17. The molecule has 0 bridgehead atoms. The van der Waals surface area contributed by atoms with Gasteiger partial charge in [0.2, 0.25) is 0 Å². The Bertz CT molecular complexity index is 753. The number of aliphatic hydroxyl groups excluding tert-OH is 1. The van der Waals surface area contributed by atoms with E-state index in [1.807, 2.05) is 24.3 Å². The molecular weight excluding hydrogens is 308 g/mol. The Morgan fingerprint density at radius 1 is 1.17 bits per heavy atom. The highest BCUT2D eigenvalue weighted by Gasteiger charge is 2.22. The van der Waals surface area contributed by atoms with Crippen molar-refractivity contribution >= 4 is 11.9 Å². The van der Waals surface area contributed by atoms with E-state index in [0.29, 0.717) is 5.56 Å². The van der Waals surface area contributed by atoms with E-state index in [1.165, 1.54) is 12.1 Å². The number of carbonyl (C=O) groups excluding carboxylic acids is 2. The minimum atomic E-state index is -1.17. The van der Waals surface area contributed by atoms with Gasteiger partial charge >= 0.3 is 5.97 Å². The van der Waals surface area contributed by atoms with E-state index in [2.05, 4.69) is 5.32 Å². The fourth-order valence-corrected chi connectivity index (χ4v) is 1.98. The van der Waals surface area contributed by atoms with Gasteiger partial charge in [-0.2, -0.15) is 5.26 Å². The first-order valence-corrected chi connectivity index (χ1v) is 7.26. The first-order chi connectivity index (χ1) is 11.6. The molecule has 0 saturated carbocycles. The highest BCUT2D eigenvalue weighted by Crippen LogP contribution is 2.06. The molecule has 0 aliphatic heterocycles. The number of nitrogens with one attached hydrogen (secondary N) is 1. The first-order valence-electron chi connectivity index (χ1n) is 7.26. The molecule has 0 aromatic heterocycles. The maximum Gasteiger partial charge on any atom is 0.331 e. The average Bonchev–Trinajstić information content (AvgIpc) is 2.64. The highest BCUT2D eigenvalue weighted by atomic mass is 16.5. The van der Waals surface area contributed by atoms with Crippen molar-refractivity contribution in [3.05, 3.63) is 71.3 Å². The van der Waals surface area contributed by atoms with Gasteiger partial charge in [0.05, 0.1) is 18.2 Å². The lowest BCUT2D eigenvalue weighted by Gasteiger charge is -2.15. The van der Waals surface area contributed by atoms with Gasteiger partial charge in [-0.05, 0) is 23.8 Å². The van der Waals surface area contributed by atoms with Gasteiger partial charge in [-0.3, -0.25) is 4.79 Å². The van der Waals surface area contributed by atoms with Crippen LogP contribution in [-0.4, -0.2) is 29.6 Å². The number of amides is 1. The minimum Gasteiger partial charge on any atom is -0.459 e. The van der Waals surface area contributed by atoms with Gasteiger partial charge in [-0.25, -0.2) is 4.79 Å². The van der Waals surface area contributed by atoms with Crippen molar-refractivity contribution in [3.8, 4) is 6.07 Å². The van der Waals surface area contributed by atoms with Crippen molar-refractivity contribution in [2.75, 3.05) is 6.61 Å². The van der Waals surface area contributed by atoms with E-state index in [4.69, 9.17) is 10.00 Å². The van der Waals surface area contributed by atoms with Crippen molar-refractivity contribution in [1.29, 1.82) is 5.26 Å². The number of carbonyl (C=O) groups is 2. The van der Waals surface area contributed by atoms with Crippen LogP contribution >= 0.6 is 0 Å². The third kappa shape index (κ3) is 4.66. The summed E-state index contributed by atoms with van der Waals surface area (Å²) in [6.45, 7) is -0.534. The lowest BCUT2D eigenvalue weighted by molar-refractivity contribution is -0.148. The minimum absolute atomic E-state index is 0.0515. The van der Waals surface area contributed by atoms with Gasteiger partial charge < -0.3 is 15.2 Å². The fraction of sp³-hybridized carbons (Fsp3) is 0.167.